The summed E-state index contributed by atoms with van der Waals surface area (Å²) < 4.78 is 5.43. The molecule has 1 rings (SSSR count). The Morgan fingerprint density at radius 2 is 2.00 bits per heavy atom. The van der Waals surface area contributed by atoms with E-state index in [1.54, 1.807) is 6.92 Å². The number of hydrogen-bond donors (Lipinski definition) is 2. The summed E-state index contributed by atoms with van der Waals surface area (Å²) in [5, 5.41) is 11.6. The van der Waals surface area contributed by atoms with Crippen LogP contribution in [0.4, 0.5) is 0 Å². The van der Waals surface area contributed by atoms with Crippen LogP contribution in [0.25, 0.3) is 0 Å². The molecule has 0 radical (unpaired) electrons. The van der Waals surface area contributed by atoms with E-state index in [-0.39, 0.29) is 17.6 Å². The minimum Gasteiger partial charge on any atom is -0.479 e. The van der Waals surface area contributed by atoms with Gasteiger partial charge in [0.15, 0.2) is 6.10 Å². The standard InChI is InChI=1S/C14H20N2O4/c1-4-10(5-2)16-13(17)9(3)20-11-6-7-12(14(18)19)15-8-11/h6-10H,4-5H2,1-3H3,(H,16,17)(H,18,19). The van der Waals surface area contributed by atoms with Crippen molar-refractivity contribution in [2.24, 2.45) is 0 Å². The minimum absolute atomic E-state index is 0.0634. The van der Waals surface area contributed by atoms with Crippen LogP contribution in [0, 0.1) is 0 Å². The number of aromatic carboxylic acids is 1. The van der Waals surface area contributed by atoms with Gasteiger partial charge in [0.25, 0.3) is 5.91 Å². The summed E-state index contributed by atoms with van der Waals surface area (Å²) in [6, 6.07) is 2.96. The average molecular weight is 280 g/mol. The third kappa shape index (κ3) is 4.53. The molecule has 20 heavy (non-hydrogen) atoms. The number of carbonyl (C=O) groups is 2. The van der Waals surface area contributed by atoms with E-state index in [0.29, 0.717) is 5.75 Å². The van der Waals surface area contributed by atoms with Crippen molar-refractivity contribution >= 4 is 11.9 Å². The highest BCUT2D eigenvalue weighted by Gasteiger charge is 2.17. The predicted octanol–water partition coefficient (Wildman–Crippen LogP) is 1.85. The monoisotopic (exact) mass is 280 g/mol. The van der Waals surface area contributed by atoms with E-state index in [2.05, 4.69) is 10.3 Å². The Balaban J connectivity index is 2.58. The van der Waals surface area contributed by atoms with Gasteiger partial charge in [-0.2, -0.15) is 0 Å². The Labute approximate surface area is 118 Å². The maximum atomic E-state index is 11.9. The normalized spacial score (nSPS) is 12.0. The third-order valence-corrected chi connectivity index (χ3v) is 2.97. The molecule has 1 aromatic rings. The highest BCUT2D eigenvalue weighted by molar-refractivity contribution is 5.85. The number of aromatic nitrogens is 1. The molecule has 2 N–H and O–H groups in total. The fourth-order valence-electron chi connectivity index (χ4n) is 1.65. The lowest BCUT2D eigenvalue weighted by molar-refractivity contribution is -0.128. The van der Waals surface area contributed by atoms with Gasteiger partial charge in [-0.25, -0.2) is 9.78 Å². The molecule has 1 unspecified atom stereocenters. The molecular formula is C14H20N2O4. The van der Waals surface area contributed by atoms with Gasteiger partial charge in [0.05, 0.1) is 6.20 Å². The minimum atomic E-state index is -1.10. The van der Waals surface area contributed by atoms with E-state index < -0.39 is 12.1 Å². The number of carboxylic acids is 1. The summed E-state index contributed by atoms with van der Waals surface area (Å²) in [4.78, 5) is 26.3. The topological polar surface area (TPSA) is 88.5 Å². The Morgan fingerprint density at radius 1 is 1.35 bits per heavy atom. The molecule has 0 fully saturated rings. The Morgan fingerprint density at radius 3 is 2.45 bits per heavy atom. The lowest BCUT2D eigenvalue weighted by atomic mass is 10.1. The van der Waals surface area contributed by atoms with Crippen molar-refractivity contribution in [3.63, 3.8) is 0 Å². The van der Waals surface area contributed by atoms with E-state index in [4.69, 9.17) is 9.84 Å². The number of carboxylic acid groups (broad SMARTS) is 1. The van der Waals surface area contributed by atoms with Gasteiger partial charge < -0.3 is 15.2 Å². The van der Waals surface area contributed by atoms with Crippen molar-refractivity contribution in [3.05, 3.63) is 24.0 Å². The zero-order valence-corrected chi connectivity index (χ0v) is 11.9. The summed E-state index contributed by atoms with van der Waals surface area (Å²) in [6.45, 7) is 5.66. The molecule has 0 bridgehead atoms. The lowest BCUT2D eigenvalue weighted by Gasteiger charge is -2.19. The zero-order chi connectivity index (χ0) is 15.1. The molecule has 0 saturated carbocycles. The van der Waals surface area contributed by atoms with Gasteiger partial charge in [-0.1, -0.05) is 13.8 Å². The molecule has 0 aliphatic heterocycles. The quantitative estimate of drug-likeness (QED) is 0.795. The van der Waals surface area contributed by atoms with E-state index in [9.17, 15) is 9.59 Å². The molecule has 6 nitrogen and oxygen atoms in total. The first-order valence-corrected chi connectivity index (χ1v) is 6.64. The number of hydrogen-bond acceptors (Lipinski definition) is 4. The molecule has 0 aromatic carbocycles. The Hall–Kier alpha value is -2.11. The molecule has 1 aromatic heterocycles. The average Bonchev–Trinajstić information content (AvgIpc) is 2.44. The van der Waals surface area contributed by atoms with Gasteiger partial charge in [0, 0.05) is 6.04 Å². The van der Waals surface area contributed by atoms with Crippen LogP contribution in [-0.4, -0.2) is 34.1 Å². The molecule has 0 spiro atoms. The number of nitrogens with one attached hydrogen (secondary N) is 1. The second-order valence-corrected chi connectivity index (χ2v) is 4.47. The molecule has 110 valence electrons. The summed E-state index contributed by atoms with van der Waals surface area (Å²) in [7, 11) is 0. The van der Waals surface area contributed by atoms with Crippen LogP contribution in [0.3, 0.4) is 0 Å². The van der Waals surface area contributed by atoms with Gasteiger partial charge in [-0.3, -0.25) is 4.79 Å². The Kier molecular flexibility index (Phi) is 5.96. The van der Waals surface area contributed by atoms with Crippen molar-refractivity contribution in [1.29, 1.82) is 0 Å². The second kappa shape index (κ2) is 7.47. The van der Waals surface area contributed by atoms with Gasteiger partial charge >= 0.3 is 5.97 Å². The summed E-state index contributed by atoms with van der Waals surface area (Å²) in [6.07, 6.45) is 2.37. The first-order valence-electron chi connectivity index (χ1n) is 6.64. The van der Waals surface area contributed by atoms with E-state index in [0.717, 1.165) is 12.8 Å². The first kappa shape index (κ1) is 15.9. The van der Waals surface area contributed by atoms with E-state index in [1.165, 1.54) is 18.3 Å². The van der Waals surface area contributed by atoms with E-state index >= 15 is 0 Å². The molecule has 1 heterocycles. The molecule has 0 aliphatic carbocycles. The maximum Gasteiger partial charge on any atom is 0.354 e. The second-order valence-electron chi connectivity index (χ2n) is 4.47. The maximum absolute atomic E-state index is 11.9. The predicted molar refractivity (Wildman–Crippen MR) is 73.8 cm³/mol. The molecule has 6 heteroatoms. The number of carbonyl (C=O) groups excluding carboxylic acids is 1. The Bertz CT molecular complexity index is 455. The summed E-state index contributed by atoms with van der Waals surface area (Å²) >= 11 is 0. The van der Waals surface area contributed by atoms with Crippen molar-refractivity contribution < 1.29 is 19.4 Å². The SMILES string of the molecule is CCC(CC)NC(=O)C(C)Oc1ccc(C(=O)O)nc1. The van der Waals surface area contributed by atoms with Crippen molar-refractivity contribution in [3.8, 4) is 5.75 Å². The van der Waals surface area contributed by atoms with Gasteiger partial charge in [-0.15, -0.1) is 0 Å². The van der Waals surface area contributed by atoms with Crippen LogP contribution in [0.5, 0.6) is 5.75 Å². The van der Waals surface area contributed by atoms with Gasteiger partial charge in [0.2, 0.25) is 0 Å². The molecule has 0 aliphatic rings. The number of rotatable bonds is 7. The van der Waals surface area contributed by atoms with E-state index in [1.807, 2.05) is 13.8 Å². The smallest absolute Gasteiger partial charge is 0.354 e. The van der Waals surface area contributed by atoms with Crippen LogP contribution >= 0.6 is 0 Å². The lowest BCUT2D eigenvalue weighted by Crippen LogP contribution is -2.42. The highest BCUT2D eigenvalue weighted by atomic mass is 16.5. The highest BCUT2D eigenvalue weighted by Crippen LogP contribution is 2.11. The number of amides is 1. The first-order chi connectivity index (χ1) is 9.47. The van der Waals surface area contributed by atoms with Crippen molar-refractivity contribution in [1.82, 2.24) is 10.3 Å². The molecular weight excluding hydrogens is 260 g/mol. The third-order valence-electron chi connectivity index (χ3n) is 2.97. The van der Waals surface area contributed by atoms with Crippen LogP contribution < -0.4 is 10.1 Å². The fourth-order valence-corrected chi connectivity index (χ4v) is 1.65. The molecule has 0 saturated heterocycles. The summed E-state index contributed by atoms with van der Waals surface area (Å²) in [5.74, 6) is -0.931. The fraction of sp³-hybridized carbons (Fsp3) is 0.500. The van der Waals surface area contributed by atoms with Gasteiger partial charge in [0.1, 0.15) is 11.4 Å². The van der Waals surface area contributed by atoms with Gasteiger partial charge in [-0.05, 0) is 31.9 Å². The van der Waals surface area contributed by atoms with Crippen LogP contribution in [0.1, 0.15) is 44.1 Å². The summed E-state index contributed by atoms with van der Waals surface area (Å²) in [5.41, 5.74) is -0.0634. The number of nitrogens with zero attached hydrogens (tertiary/aromatic N) is 1. The van der Waals surface area contributed by atoms with Crippen LogP contribution in [-0.2, 0) is 4.79 Å². The zero-order valence-electron chi connectivity index (χ0n) is 11.9. The molecule has 1 atom stereocenters. The largest absolute Gasteiger partial charge is 0.479 e. The number of ether oxygens (including phenoxy) is 1. The van der Waals surface area contributed by atoms with Crippen molar-refractivity contribution in [2.75, 3.05) is 0 Å². The van der Waals surface area contributed by atoms with Crippen LogP contribution in [0.2, 0.25) is 0 Å². The molecule has 1 amide bonds. The van der Waals surface area contributed by atoms with Crippen LogP contribution in [0.15, 0.2) is 18.3 Å². The van der Waals surface area contributed by atoms with Crippen molar-refractivity contribution in [2.45, 2.75) is 45.8 Å². The number of pyridine rings is 1.